The minimum atomic E-state index is -0.642. The highest BCUT2D eigenvalue weighted by atomic mass is 35.5. The van der Waals surface area contributed by atoms with Gasteiger partial charge in [-0.1, -0.05) is 11.6 Å². The van der Waals surface area contributed by atoms with Gasteiger partial charge in [-0.15, -0.1) is 0 Å². The van der Waals surface area contributed by atoms with E-state index in [0.29, 0.717) is 12.6 Å². The second-order valence-electron chi connectivity index (χ2n) is 4.62. The standard InChI is InChI=1S/C12H15ClN4O3/c13-11-6-9(10(7-16-11)17(19)20)12(18)15-5-3-8-2-1-4-14-8/h6-8,14H,1-5H2,(H,15,18)/t8-/m1/s1. The topological polar surface area (TPSA) is 97.2 Å². The number of nitro groups is 1. The predicted octanol–water partition coefficient (Wildman–Crippen LogP) is 1.52. The molecule has 0 spiro atoms. The summed E-state index contributed by atoms with van der Waals surface area (Å²) in [4.78, 5) is 25.8. The molecule has 1 aromatic rings. The Kier molecular flexibility index (Phi) is 4.86. The van der Waals surface area contributed by atoms with E-state index in [1.807, 2.05) is 0 Å². The first-order chi connectivity index (χ1) is 9.58. The number of carbonyl (C=O) groups is 1. The SMILES string of the molecule is O=C(NCC[C@H]1CCCN1)c1cc(Cl)ncc1[N+](=O)[O-]. The molecule has 1 atom stereocenters. The number of halogens is 1. The number of hydrogen-bond donors (Lipinski definition) is 2. The quantitative estimate of drug-likeness (QED) is 0.488. The van der Waals surface area contributed by atoms with Gasteiger partial charge in [0.25, 0.3) is 11.6 Å². The van der Waals surface area contributed by atoms with E-state index in [1.165, 1.54) is 6.07 Å². The van der Waals surface area contributed by atoms with Crippen LogP contribution in [0.4, 0.5) is 5.69 Å². The highest BCUT2D eigenvalue weighted by molar-refractivity contribution is 6.29. The fourth-order valence-corrected chi connectivity index (χ4v) is 2.37. The molecule has 7 nitrogen and oxygen atoms in total. The summed E-state index contributed by atoms with van der Waals surface area (Å²) in [6.45, 7) is 1.47. The van der Waals surface area contributed by atoms with Crippen LogP contribution in [0.3, 0.4) is 0 Å². The molecule has 1 saturated heterocycles. The molecule has 0 radical (unpaired) electrons. The second kappa shape index (κ2) is 6.62. The van der Waals surface area contributed by atoms with E-state index in [9.17, 15) is 14.9 Å². The third-order valence-corrected chi connectivity index (χ3v) is 3.44. The molecule has 0 bridgehead atoms. The number of hydrogen-bond acceptors (Lipinski definition) is 5. The Balaban J connectivity index is 1.97. The van der Waals surface area contributed by atoms with Gasteiger partial charge in [-0.3, -0.25) is 14.9 Å². The summed E-state index contributed by atoms with van der Waals surface area (Å²) in [6, 6.07) is 1.62. The number of pyridine rings is 1. The number of nitrogens with one attached hydrogen (secondary N) is 2. The van der Waals surface area contributed by atoms with Crippen molar-refractivity contribution in [3.05, 3.63) is 33.1 Å². The zero-order valence-corrected chi connectivity index (χ0v) is 11.5. The number of nitrogens with zero attached hydrogens (tertiary/aromatic N) is 2. The molecule has 0 aromatic carbocycles. The van der Waals surface area contributed by atoms with Gasteiger partial charge in [0, 0.05) is 12.6 Å². The average molecular weight is 299 g/mol. The maximum absolute atomic E-state index is 12.0. The van der Waals surface area contributed by atoms with Gasteiger partial charge in [-0.05, 0) is 31.9 Å². The summed E-state index contributed by atoms with van der Waals surface area (Å²) in [7, 11) is 0. The summed E-state index contributed by atoms with van der Waals surface area (Å²) in [5.41, 5.74) is -0.403. The molecule has 0 aliphatic carbocycles. The van der Waals surface area contributed by atoms with Gasteiger partial charge in [0.1, 0.15) is 16.9 Å². The van der Waals surface area contributed by atoms with Gasteiger partial charge in [0.15, 0.2) is 0 Å². The van der Waals surface area contributed by atoms with Crippen LogP contribution in [0.5, 0.6) is 0 Å². The van der Waals surface area contributed by atoms with Crippen molar-refractivity contribution in [1.82, 2.24) is 15.6 Å². The highest BCUT2D eigenvalue weighted by Gasteiger charge is 2.21. The number of carbonyl (C=O) groups excluding carboxylic acids is 1. The van der Waals surface area contributed by atoms with Crippen molar-refractivity contribution in [2.75, 3.05) is 13.1 Å². The Labute approximate surface area is 120 Å². The van der Waals surface area contributed by atoms with Crippen LogP contribution in [-0.4, -0.2) is 34.9 Å². The van der Waals surface area contributed by atoms with Crippen molar-refractivity contribution in [1.29, 1.82) is 0 Å². The summed E-state index contributed by atoms with van der Waals surface area (Å²) in [6.07, 6.45) is 4.04. The van der Waals surface area contributed by atoms with Crippen molar-refractivity contribution in [2.45, 2.75) is 25.3 Å². The van der Waals surface area contributed by atoms with E-state index in [0.717, 1.165) is 32.0 Å². The van der Waals surface area contributed by atoms with Crippen LogP contribution in [0.1, 0.15) is 29.6 Å². The van der Waals surface area contributed by atoms with Crippen LogP contribution < -0.4 is 10.6 Å². The molecule has 1 aromatic heterocycles. The Morgan fingerprint density at radius 1 is 1.65 bits per heavy atom. The molecule has 8 heteroatoms. The molecule has 1 aliphatic rings. The molecule has 2 heterocycles. The Morgan fingerprint density at radius 2 is 2.45 bits per heavy atom. The third-order valence-electron chi connectivity index (χ3n) is 3.23. The van der Waals surface area contributed by atoms with Crippen LogP contribution in [0.15, 0.2) is 12.3 Å². The van der Waals surface area contributed by atoms with Crippen molar-refractivity contribution in [3.8, 4) is 0 Å². The summed E-state index contributed by atoms with van der Waals surface area (Å²) in [5, 5.41) is 16.9. The lowest BCUT2D eigenvalue weighted by Crippen LogP contribution is -2.31. The summed E-state index contributed by atoms with van der Waals surface area (Å²) in [5.74, 6) is -0.501. The Bertz CT molecular complexity index is 517. The Hall–Kier alpha value is -1.73. The predicted molar refractivity (Wildman–Crippen MR) is 73.9 cm³/mol. The first-order valence-corrected chi connectivity index (χ1v) is 6.77. The van der Waals surface area contributed by atoms with Crippen LogP contribution in [0.25, 0.3) is 0 Å². The van der Waals surface area contributed by atoms with E-state index in [1.54, 1.807) is 0 Å². The van der Waals surface area contributed by atoms with E-state index >= 15 is 0 Å². The van der Waals surface area contributed by atoms with E-state index in [4.69, 9.17) is 11.6 Å². The second-order valence-corrected chi connectivity index (χ2v) is 5.01. The monoisotopic (exact) mass is 298 g/mol. The number of rotatable bonds is 5. The van der Waals surface area contributed by atoms with Crippen molar-refractivity contribution >= 4 is 23.2 Å². The highest BCUT2D eigenvalue weighted by Crippen LogP contribution is 2.20. The van der Waals surface area contributed by atoms with Gasteiger partial charge >= 0.3 is 0 Å². The normalized spacial score (nSPS) is 17.9. The molecule has 108 valence electrons. The summed E-state index contributed by atoms with van der Waals surface area (Å²) >= 11 is 5.68. The van der Waals surface area contributed by atoms with Crippen LogP contribution >= 0.6 is 11.6 Å². The van der Waals surface area contributed by atoms with Gasteiger partial charge < -0.3 is 10.6 Å². The van der Waals surface area contributed by atoms with E-state index < -0.39 is 10.8 Å². The van der Waals surface area contributed by atoms with Crippen molar-refractivity contribution in [3.63, 3.8) is 0 Å². The number of amides is 1. The van der Waals surface area contributed by atoms with Crippen molar-refractivity contribution in [2.24, 2.45) is 0 Å². The fourth-order valence-electron chi connectivity index (χ4n) is 2.21. The molecular weight excluding hydrogens is 284 g/mol. The zero-order chi connectivity index (χ0) is 14.5. The first-order valence-electron chi connectivity index (χ1n) is 6.39. The lowest BCUT2D eigenvalue weighted by atomic mass is 10.1. The van der Waals surface area contributed by atoms with Gasteiger partial charge in [-0.2, -0.15) is 0 Å². The first kappa shape index (κ1) is 14.7. The largest absolute Gasteiger partial charge is 0.352 e. The minimum absolute atomic E-state index is 0.0539. The lowest BCUT2D eigenvalue weighted by Gasteiger charge is -2.10. The zero-order valence-electron chi connectivity index (χ0n) is 10.8. The van der Waals surface area contributed by atoms with Gasteiger partial charge in [0.2, 0.25) is 0 Å². The minimum Gasteiger partial charge on any atom is -0.352 e. The third kappa shape index (κ3) is 3.64. The van der Waals surface area contributed by atoms with Crippen molar-refractivity contribution < 1.29 is 9.72 Å². The molecule has 1 aliphatic heterocycles. The van der Waals surface area contributed by atoms with Gasteiger partial charge in [0.05, 0.1) is 4.92 Å². The lowest BCUT2D eigenvalue weighted by molar-refractivity contribution is -0.385. The maximum atomic E-state index is 12.0. The molecule has 20 heavy (non-hydrogen) atoms. The molecule has 0 saturated carbocycles. The van der Waals surface area contributed by atoms with Gasteiger partial charge in [-0.25, -0.2) is 4.98 Å². The number of aromatic nitrogens is 1. The van der Waals surface area contributed by atoms with Crippen LogP contribution in [0, 0.1) is 10.1 Å². The van der Waals surface area contributed by atoms with E-state index in [2.05, 4.69) is 15.6 Å². The molecule has 2 rings (SSSR count). The van der Waals surface area contributed by atoms with Crippen LogP contribution in [-0.2, 0) is 0 Å². The smallest absolute Gasteiger partial charge is 0.300 e. The Morgan fingerprint density at radius 3 is 3.10 bits per heavy atom. The summed E-state index contributed by atoms with van der Waals surface area (Å²) < 4.78 is 0. The molecule has 2 N–H and O–H groups in total. The van der Waals surface area contributed by atoms with Crippen LogP contribution in [0.2, 0.25) is 5.15 Å². The molecular formula is C12H15ClN4O3. The molecule has 0 unspecified atom stereocenters. The van der Waals surface area contributed by atoms with E-state index in [-0.39, 0.29) is 16.4 Å². The fraction of sp³-hybridized carbons (Fsp3) is 0.500. The molecule has 1 fully saturated rings. The maximum Gasteiger partial charge on any atom is 0.300 e. The average Bonchev–Trinajstić information content (AvgIpc) is 2.91. The molecule has 1 amide bonds.